The molecule has 0 saturated carbocycles. The second-order valence-corrected chi connectivity index (χ2v) is 10.6. The van der Waals surface area contributed by atoms with E-state index in [-0.39, 0.29) is 5.95 Å². The van der Waals surface area contributed by atoms with E-state index in [1.165, 1.54) is 11.8 Å². The monoisotopic (exact) mass is 510 g/mol. The van der Waals surface area contributed by atoms with E-state index in [1.807, 2.05) is 53.9 Å². The Balaban J connectivity index is 1.48. The molecule has 0 spiro atoms. The van der Waals surface area contributed by atoms with Crippen LogP contribution in [0.25, 0.3) is 16.3 Å². The third kappa shape index (κ3) is 6.80. The lowest BCUT2D eigenvalue weighted by molar-refractivity contribution is -0.117. The Kier molecular flexibility index (Phi) is 7.67. The largest absolute Gasteiger partial charge is 0.444 e. The van der Waals surface area contributed by atoms with E-state index in [9.17, 15) is 9.59 Å². The summed E-state index contributed by atoms with van der Waals surface area (Å²) in [5.41, 5.74) is 1.26. The third-order valence-corrected chi connectivity index (χ3v) is 6.65. The summed E-state index contributed by atoms with van der Waals surface area (Å²) in [5, 5.41) is 11.8. The number of fused-ring (bicyclic) bond motifs is 1. The summed E-state index contributed by atoms with van der Waals surface area (Å²) >= 11 is 3.10. The lowest BCUT2D eigenvalue weighted by Gasteiger charge is -2.23. The number of amides is 2. The Morgan fingerprint density at radius 2 is 1.94 bits per heavy atom. The van der Waals surface area contributed by atoms with E-state index in [1.54, 1.807) is 42.8 Å². The van der Waals surface area contributed by atoms with Gasteiger partial charge in [0.1, 0.15) is 11.6 Å². The van der Waals surface area contributed by atoms with E-state index in [4.69, 9.17) is 4.74 Å². The predicted octanol–water partition coefficient (Wildman–Crippen LogP) is 4.62. The van der Waals surface area contributed by atoms with Crippen molar-refractivity contribution in [3.05, 3.63) is 65.7 Å². The van der Waals surface area contributed by atoms with Crippen LogP contribution in [-0.2, 0) is 15.3 Å². The first kappa shape index (κ1) is 24.7. The SMILES string of the molecule is CC(C)(C)OC(=O)NC(CSCc1ccccc1)C(=O)Nc1nc2nccc(-c3cccs3)n2n1. The lowest BCUT2D eigenvalue weighted by atomic mass is 10.2. The van der Waals surface area contributed by atoms with Crippen LogP contribution in [0.5, 0.6) is 0 Å². The van der Waals surface area contributed by atoms with Gasteiger partial charge in [-0.2, -0.15) is 21.3 Å². The van der Waals surface area contributed by atoms with Gasteiger partial charge in [0.25, 0.3) is 11.7 Å². The molecule has 1 atom stereocenters. The summed E-state index contributed by atoms with van der Waals surface area (Å²) in [6.07, 6.45) is 0.986. The number of carbonyl (C=O) groups is 2. The summed E-state index contributed by atoms with van der Waals surface area (Å²) in [6, 6.07) is 14.8. The van der Waals surface area contributed by atoms with Gasteiger partial charge in [0.2, 0.25) is 5.91 Å². The normalized spacial score (nSPS) is 12.3. The van der Waals surface area contributed by atoms with Crippen LogP contribution in [-0.4, -0.2) is 49.0 Å². The second-order valence-electron chi connectivity index (χ2n) is 8.64. The zero-order valence-electron chi connectivity index (χ0n) is 19.6. The molecule has 2 amide bonds. The number of alkyl carbamates (subject to hydrolysis) is 1. The van der Waals surface area contributed by atoms with Gasteiger partial charge >= 0.3 is 6.09 Å². The Labute approximate surface area is 211 Å². The molecular formula is C24H26N6O3S2. The molecule has 0 saturated heterocycles. The molecule has 1 aromatic carbocycles. The number of carbonyl (C=O) groups excluding carboxylic acids is 2. The molecule has 1 unspecified atom stereocenters. The third-order valence-electron chi connectivity index (χ3n) is 4.65. The number of anilines is 1. The molecule has 2 N–H and O–H groups in total. The fraction of sp³-hybridized carbons (Fsp3) is 0.292. The van der Waals surface area contributed by atoms with Crippen molar-refractivity contribution in [3.8, 4) is 10.6 Å². The molecule has 0 aliphatic heterocycles. The molecule has 9 nitrogen and oxygen atoms in total. The van der Waals surface area contributed by atoms with Gasteiger partial charge in [-0.15, -0.1) is 16.4 Å². The minimum absolute atomic E-state index is 0.107. The molecule has 4 aromatic rings. The number of thiophene rings is 1. The molecule has 0 bridgehead atoms. The van der Waals surface area contributed by atoms with Gasteiger partial charge in [-0.1, -0.05) is 36.4 Å². The minimum atomic E-state index is -0.852. The van der Waals surface area contributed by atoms with Crippen LogP contribution in [0.3, 0.4) is 0 Å². The van der Waals surface area contributed by atoms with Crippen LogP contribution < -0.4 is 10.6 Å². The van der Waals surface area contributed by atoms with Crippen LogP contribution in [0.4, 0.5) is 10.7 Å². The number of thioether (sulfide) groups is 1. The molecule has 182 valence electrons. The summed E-state index contributed by atoms with van der Waals surface area (Å²) < 4.78 is 6.94. The van der Waals surface area contributed by atoms with Crippen molar-refractivity contribution >= 4 is 46.8 Å². The van der Waals surface area contributed by atoms with Gasteiger partial charge in [-0.05, 0) is 43.8 Å². The highest BCUT2D eigenvalue weighted by atomic mass is 32.2. The summed E-state index contributed by atoms with van der Waals surface area (Å²) in [7, 11) is 0. The maximum atomic E-state index is 13.1. The van der Waals surface area contributed by atoms with Crippen molar-refractivity contribution in [2.75, 3.05) is 11.1 Å². The van der Waals surface area contributed by atoms with E-state index < -0.39 is 23.6 Å². The van der Waals surface area contributed by atoms with Crippen molar-refractivity contribution in [2.45, 2.75) is 38.2 Å². The van der Waals surface area contributed by atoms with Gasteiger partial charge in [0.15, 0.2) is 0 Å². The zero-order valence-corrected chi connectivity index (χ0v) is 21.2. The number of nitrogens with one attached hydrogen (secondary N) is 2. The Hall–Kier alpha value is -3.44. The van der Waals surface area contributed by atoms with Gasteiger partial charge in [0.05, 0.1) is 10.6 Å². The second kappa shape index (κ2) is 10.9. The zero-order chi connectivity index (χ0) is 24.8. The molecule has 0 aliphatic rings. The summed E-state index contributed by atoms with van der Waals surface area (Å²) in [6.45, 7) is 5.31. The maximum absolute atomic E-state index is 13.1. The van der Waals surface area contributed by atoms with Gasteiger partial charge in [0, 0.05) is 17.7 Å². The summed E-state index contributed by atoms with van der Waals surface area (Å²) in [5.74, 6) is 1.06. The molecular weight excluding hydrogens is 484 g/mol. The van der Waals surface area contributed by atoms with Crippen molar-refractivity contribution in [3.63, 3.8) is 0 Å². The van der Waals surface area contributed by atoms with Crippen molar-refractivity contribution < 1.29 is 14.3 Å². The standard InChI is InChI=1S/C24H26N6O3S2/c1-24(2,3)33-23(32)26-17(15-34-14-16-8-5-4-6-9-16)20(31)27-21-28-22-25-12-11-18(30(22)29-21)19-10-7-13-35-19/h4-13,17H,14-15H2,1-3H3,(H,26,32)(H,27,29,31). The highest BCUT2D eigenvalue weighted by Gasteiger charge is 2.26. The number of nitrogens with zero attached hydrogens (tertiary/aromatic N) is 4. The van der Waals surface area contributed by atoms with E-state index in [2.05, 4.69) is 25.7 Å². The van der Waals surface area contributed by atoms with Crippen molar-refractivity contribution in [1.29, 1.82) is 0 Å². The fourth-order valence-corrected chi connectivity index (χ4v) is 4.91. The first-order chi connectivity index (χ1) is 16.8. The molecule has 11 heteroatoms. The highest BCUT2D eigenvalue weighted by Crippen LogP contribution is 2.24. The van der Waals surface area contributed by atoms with E-state index in [0.717, 1.165) is 16.1 Å². The van der Waals surface area contributed by atoms with Crippen LogP contribution in [0.1, 0.15) is 26.3 Å². The number of aromatic nitrogens is 4. The van der Waals surface area contributed by atoms with E-state index in [0.29, 0.717) is 17.3 Å². The maximum Gasteiger partial charge on any atom is 0.408 e. The van der Waals surface area contributed by atoms with Gasteiger partial charge in [-0.3, -0.25) is 10.1 Å². The number of benzene rings is 1. The first-order valence-corrected chi connectivity index (χ1v) is 13.0. The average molecular weight is 511 g/mol. The Morgan fingerprint density at radius 3 is 2.66 bits per heavy atom. The fourth-order valence-electron chi connectivity index (χ4n) is 3.16. The van der Waals surface area contributed by atoms with Crippen LogP contribution in [0.15, 0.2) is 60.1 Å². The van der Waals surface area contributed by atoms with Crippen LogP contribution in [0, 0.1) is 0 Å². The van der Waals surface area contributed by atoms with Crippen LogP contribution >= 0.6 is 23.1 Å². The Bertz CT molecular complexity index is 1290. The molecule has 0 aliphatic carbocycles. The summed E-state index contributed by atoms with van der Waals surface area (Å²) in [4.78, 5) is 35.1. The quantitative estimate of drug-likeness (QED) is 0.356. The highest BCUT2D eigenvalue weighted by molar-refractivity contribution is 7.98. The van der Waals surface area contributed by atoms with Crippen molar-refractivity contribution in [1.82, 2.24) is 24.9 Å². The topological polar surface area (TPSA) is 111 Å². The molecule has 0 radical (unpaired) electrons. The average Bonchev–Trinajstić information content (AvgIpc) is 3.47. The predicted molar refractivity (Wildman–Crippen MR) is 138 cm³/mol. The number of hydrogen-bond acceptors (Lipinski definition) is 8. The molecule has 4 rings (SSSR count). The number of ether oxygens (including phenoxy) is 1. The van der Waals surface area contributed by atoms with Crippen molar-refractivity contribution in [2.24, 2.45) is 0 Å². The van der Waals surface area contributed by atoms with Crippen LogP contribution in [0.2, 0.25) is 0 Å². The lowest BCUT2D eigenvalue weighted by Crippen LogP contribution is -2.47. The van der Waals surface area contributed by atoms with Gasteiger partial charge in [-0.25, -0.2) is 9.78 Å². The Morgan fingerprint density at radius 1 is 1.14 bits per heavy atom. The molecule has 0 fully saturated rings. The minimum Gasteiger partial charge on any atom is -0.444 e. The molecule has 35 heavy (non-hydrogen) atoms. The number of rotatable bonds is 8. The molecule has 3 heterocycles. The number of hydrogen-bond donors (Lipinski definition) is 2. The smallest absolute Gasteiger partial charge is 0.408 e. The molecule has 3 aromatic heterocycles. The van der Waals surface area contributed by atoms with E-state index >= 15 is 0 Å². The first-order valence-electron chi connectivity index (χ1n) is 11.0. The van der Waals surface area contributed by atoms with Gasteiger partial charge < -0.3 is 10.1 Å².